The van der Waals surface area contributed by atoms with Gasteiger partial charge in [-0.25, -0.2) is 9.07 Å². The minimum atomic E-state index is -6.35. The van der Waals surface area contributed by atoms with E-state index in [0.717, 1.165) is 16.0 Å². The Balaban J connectivity index is 1.68. The summed E-state index contributed by atoms with van der Waals surface area (Å²) >= 11 is 19.0. The number of rotatable bonds is 6. The largest absolute Gasteiger partial charge is 0.435 e. The lowest BCUT2D eigenvalue weighted by molar-refractivity contribution is -0.348. The summed E-state index contributed by atoms with van der Waals surface area (Å²) in [6.45, 7) is 0. The predicted octanol–water partition coefficient (Wildman–Crippen LogP) is 8.12. The van der Waals surface area contributed by atoms with E-state index in [1.165, 1.54) is 12.3 Å². The lowest BCUT2D eigenvalue weighted by atomic mass is 9.94. The zero-order valence-corrected chi connectivity index (χ0v) is 20.9. The van der Waals surface area contributed by atoms with Gasteiger partial charge in [-0.15, -0.1) is 16.4 Å². The van der Waals surface area contributed by atoms with E-state index in [9.17, 15) is 40.8 Å². The van der Waals surface area contributed by atoms with Gasteiger partial charge in [-0.1, -0.05) is 40.0 Å². The SMILES string of the molecule is N#CC1(CC(=O)c2cc(-c3cn(-c4c(Cl)cc(C(F)(C(F)(F)F)C(F)(F)F)cc4Cl)nn3)sc2Cl)CC1. The van der Waals surface area contributed by atoms with Gasteiger partial charge in [0.05, 0.1) is 32.6 Å². The molecule has 1 aliphatic rings. The Labute approximate surface area is 222 Å². The highest BCUT2D eigenvalue weighted by Gasteiger charge is 2.73. The lowest BCUT2D eigenvalue weighted by Crippen LogP contribution is -2.50. The number of hydrogen-bond acceptors (Lipinski definition) is 5. The Morgan fingerprint density at radius 2 is 1.62 bits per heavy atom. The summed E-state index contributed by atoms with van der Waals surface area (Å²) in [4.78, 5) is 12.9. The molecule has 2 heterocycles. The topological polar surface area (TPSA) is 71.6 Å². The van der Waals surface area contributed by atoms with E-state index in [1.54, 1.807) is 0 Å². The van der Waals surface area contributed by atoms with E-state index in [1.807, 2.05) is 0 Å². The number of thiophene rings is 1. The van der Waals surface area contributed by atoms with Gasteiger partial charge in [-0.3, -0.25) is 4.79 Å². The van der Waals surface area contributed by atoms with Gasteiger partial charge in [0, 0.05) is 17.5 Å². The first-order valence-electron chi connectivity index (χ1n) is 10.0. The van der Waals surface area contributed by atoms with Gasteiger partial charge in [-0.05, 0) is 31.0 Å². The summed E-state index contributed by atoms with van der Waals surface area (Å²) < 4.78 is 94.1. The van der Waals surface area contributed by atoms with E-state index in [0.29, 0.717) is 17.7 Å². The molecule has 1 aromatic carbocycles. The highest BCUT2D eigenvalue weighted by molar-refractivity contribution is 7.19. The molecule has 1 saturated carbocycles. The number of alkyl halides is 7. The third-order valence-electron chi connectivity index (χ3n) is 5.75. The minimum Gasteiger partial charge on any atom is -0.294 e. The molecule has 0 amide bonds. The molecule has 1 fully saturated rings. The molecule has 1 aliphatic carbocycles. The van der Waals surface area contributed by atoms with Crippen LogP contribution in [0.25, 0.3) is 16.3 Å². The highest BCUT2D eigenvalue weighted by Crippen LogP contribution is 2.54. The van der Waals surface area contributed by atoms with Gasteiger partial charge in [0.1, 0.15) is 15.7 Å². The van der Waals surface area contributed by atoms with Crippen molar-refractivity contribution < 1.29 is 35.5 Å². The normalized spacial score (nSPS) is 15.5. The number of Topliss-reactive ketones (excluding diaryl/α,β-unsaturated/α-hetero) is 1. The number of halogens is 10. The summed E-state index contributed by atoms with van der Waals surface area (Å²) in [6.07, 6.45) is -10.3. The number of ketones is 1. The Kier molecular flexibility index (Phi) is 6.80. The molecule has 0 N–H and O–H groups in total. The maximum atomic E-state index is 14.4. The standard InChI is InChI=1S/C21H10Cl3F7N4OS/c22-11-3-9(19(25,20(26,27)28)21(29,30)31)4-12(23)16(11)35-7-13(33-34-35)15-5-10(17(24)37-15)14(36)6-18(8-32)1-2-18/h3-5,7H,1-2,6H2. The Morgan fingerprint density at radius 3 is 2.11 bits per heavy atom. The van der Waals surface area contributed by atoms with Crippen LogP contribution in [0.4, 0.5) is 30.7 Å². The van der Waals surface area contributed by atoms with Crippen LogP contribution < -0.4 is 0 Å². The number of hydrogen-bond donors (Lipinski definition) is 0. The monoisotopic (exact) mass is 604 g/mol. The molecular formula is C21H10Cl3F7N4OS. The summed E-state index contributed by atoms with van der Waals surface area (Å²) in [5.41, 5.74) is -8.35. The molecular weight excluding hydrogens is 596 g/mol. The Bertz CT molecular complexity index is 1400. The molecule has 0 saturated heterocycles. The van der Waals surface area contributed by atoms with E-state index in [2.05, 4.69) is 16.4 Å². The average molecular weight is 606 g/mol. The number of carbonyl (C=O) groups is 1. The van der Waals surface area contributed by atoms with Crippen molar-refractivity contribution in [3.63, 3.8) is 0 Å². The molecule has 16 heteroatoms. The number of nitriles is 1. The van der Waals surface area contributed by atoms with Crippen molar-refractivity contribution in [3.8, 4) is 22.3 Å². The molecule has 4 rings (SSSR count). The zero-order valence-electron chi connectivity index (χ0n) is 17.8. The summed E-state index contributed by atoms with van der Waals surface area (Å²) in [5.74, 6) is -0.343. The van der Waals surface area contributed by atoms with Crippen molar-refractivity contribution in [2.24, 2.45) is 5.41 Å². The number of carbonyl (C=O) groups excluding carboxylic acids is 1. The number of benzene rings is 1. The maximum Gasteiger partial charge on any atom is 0.435 e. The number of nitrogens with zero attached hydrogens (tertiary/aromatic N) is 4. The smallest absolute Gasteiger partial charge is 0.294 e. The van der Waals surface area contributed by atoms with Crippen LogP contribution in [-0.2, 0) is 5.67 Å². The third-order valence-corrected chi connectivity index (χ3v) is 7.70. The Morgan fingerprint density at radius 1 is 1.05 bits per heavy atom. The fourth-order valence-electron chi connectivity index (χ4n) is 3.52. The summed E-state index contributed by atoms with van der Waals surface area (Å²) in [5, 5.41) is 15.3. The molecule has 2 aromatic heterocycles. The second-order valence-corrected chi connectivity index (χ2v) is 10.7. The number of aromatic nitrogens is 3. The fourth-order valence-corrected chi connectivity index (χ4v) is 5.44. The molecule has 3 aromatic rings. The van der Waals surface area contributed by atoms with Gasteiger partial charge in [0.15, 0.2) is 5.78 Å². The molecule has 0 aliphatic heterocycles. The van der Waals surface area contributed by atoms with Crippen LogP contribution in [0, 0.1) is 16.7 Å². The van der Waals surface area contributed by atoms with Crippen molar-refractivity contribution in [2.45, 2.75) is 37.3 Å². The minimum absolute atomic E-state index is 0.00440. The molecule has 0 spiro atoms. The predicted molar refractivity (Wildman–Crippen MR) is 121 cm³/mol. The van der Waals surface area contributed by atoms with Gasteiger partial charge >= 0.3 is 18.0 Å². The van der Waals surface area contributed by atoms with Crippen molar-refractivity contribution in [1.29, 1.82) is 5.26 Å². The first-order chi connectivity index (χ1) is 17.0. The Hall–Kier alpha value is -2.40. The van der Waals surface area contributed by atoms with Gasteiger partial charge in [-0.2, -0.15) is 31.6 Å². The first kappa shape index (κ1) is 27.6. The third kappa shape index (κ3) is 4.80. The van der Waals surface area contributed by atoms with Crippen LogP contribution in [0.5, 0.6) is 0 Å². The van der Waals surface area contributed by atoms with Crippen LogP contribution in [0.1, 0.15) is 35.2 Å². The van der Waals surface area contributed by atoms with E-state index in [4.69, 9.17) is 34.8 Å². The average Bonchev–Trinajstić information content (AvgIpc) is 3.19. The first-order valence-corrected chi connectivity index (χ1v) is 12.0. The summed E-state index contributed by atoms with van der Waals surface area (Å²) in [7, 11) is 0. The molecule has 5 nitrogen and oxygen atoms in total. The zero-order chi connectivity index (χ0) is 27.6. The van der Waals surface area contributed by atoms with Crippen molar-refractivity contribution in [2.75, 3.05) is 0 Å². The lowest BCUT2D eigenvalue weighted by Gasteiger charge is -2.30. The molecule has 0 bridgehead atoms. The maximum absolute atomic E-state index is 14.4. The molecule has 37 heavy (non-hydrogen) atoms. The molecule has 196 valence electrons. The molecule has 0 radical (unpaired) electrons. The molecule has 0 atom stereocenters. The van der Waals surface area contributed by atoms with Gasteiger partial charge in [0.25, 0.3) is 0 Å². The van der Waals surface area contributed by atoms with Gasteiger partial charge in [0.2, 0.25) is 0 Å². The van der Waals surface area contributed by atoms with Crippen molar-refractivity contribution in [1.82, 2.24) is 15.0 Å². The van der Waals surface area contributed by atoms with Gasteiger partial charge < -0.3 is 0 Å². The van der Waals surface area contributed by atoms with E-state index < -0.39 is 39.0 Å². The van der Waals surface area contributed by atoms with Crippen molar-refractivity contribution in [3.05, 3.63) is 49.9 Å². The van der Waals surface area contributed by atoms with Crippen LogP contribution in [0.2, 0.25) is 14.4 Å². The van der Waals surface area contributed by atoms with Crippen LogP contribution in [-0.4, -0.2) is 33.1 Å². The second-order valence-electron chi connectivity index (χ2n) is 8.28. The summed E-state index contributed by atoms with van der Waals surface area (Å²) in [6, 6.07) is 3.86. The second kappa shape index (κ2) is 9.11. The van der Waals surface area contributed by atoms with Crippen molar-refractivity contribution >= 4 is 51.9 Å². The van der Waals surface area contributed by atoms with Crippen LogP contribution in [0.15, 0.2) is 24.4 Å². The molecule has 0 unspecified atom stereocenters. The van der Waals surface area contributed by atoms with Crippen LogP contribution in [0.3, 0.4) is 0 Å². The quantitative estimate of drug-likeness (QED) is 0.210. The van der Waals surface area contributed by atoms with Crippen LogP contribution >= 0.6 is 46.1 Å². The van der Waals surface area contributed by atoms with E-state index in [-0.39, 0.29) is 45.6 Å². The fraction of sp³-hybridized carbons (Fsp3) is 0.333. The van der Waals surface area contributed by atoms with E-state index >= 15 is 0 Å². The highest BCUT2D eigenvalue weighted by atomic mass is 35.5.